The van der Waals surface area contributed by atoms with Crippen LogP contribution in [0.5, 0.6) is 0 Å². The molecule has 1 fully saturated rings. The van der Waals surface area contributed by atoms with E-state index < -0.39 is 19.9 Å². The van der Waals surface area contributed by atoms with Crippen molar-refractivity contribution in [2.45, 2.75) is 57.1 Å². The fourth-order valence-corrected chi connectivity index (χ4v) is 5.78. The lowest BCUT2D eigenvalue weighted by molar-refractivity contribution is 0.450. The maximum absolute atomic E-state index is 13.2. The van der Waals surface area contributed by atoms with Crippen LogP contribution in [0.4, 0.5) is 5.82 Å². The van der Waals surface area contributed by atoms with Gasteiger partial charge in [0, 0.05) is 31.0 Å². The molecule has 1 aromatic heterocycles. The van der Waals surface area contributed by atoms with E-state index in [0.29, 0.717) is 29.4 Å². The van der Waals surface area contributed by atoms with Crippen molar-refractivity contribution in [2.75, 3.05) is 19.3 Å². The van der Waals surface area contributed by atoms with E-state index in [1.807, 2.05) is 32.9 Å². The van der Waals surface area contributed by atoms with Gasteiger partial charge in [-0.25, -0.2) is 26.5 Å². The molecule has 32 heavy (non-hydrogen) atoms. The summed E-state index contributed by atoms with van der Waals surface area (Å²) in [6.07, 6.45) is 4.52. The van der Waals surface area contributed by atoms with E-state index in [1.165, 1.54) is 0 Å². The van der Waals surface area contributed by atoms with Gasteiger partial charge < -0.3 is 0 Å². The molecule has 9 nitrogen and oxygen atoms in total. The van der Waals surface area contributed by atoms with Gasteiger partial charge in [0.05, 0.1) is 17.8 Å². The van der Waals surface area contributed by atoms with Gasteiger partial charge in [-0.3, -0.25) is 5.32 Å². The van der Waals surface area contributed by atoms with Crippen LogP contribution < -0.4 is 5.32 Å². The van der Waals surface area contributed by atoms with Crippen LogP contribution in [0.1, 0.15) is 56.7 Å². The first-order valence-electron chi connectivity index (χ1n) is 10.6. The van der Waals surface area contributed by atoms with Crippen molar-refractivity contribution in [1.29, 1.82) is 0 Å². The van der Waals surface area contributed by atoms with Crippen LogP contribution in [0.2, 0.25) is 0 Å². The predicted molar refractivity (Wildman–Crippen MR) is 125 cm³/mol. The van der Waals surface area contributed by atoms with E-state index in [0.717, 1.165) is 30.2 Å². The Morgan fingerprint density at radius 3 is 2.38 bits per heavy atom. The number of nitrogens with zero attached hydrogens (tertiary/aromatic N) is 4. The normalized spacial score (nSPS) is 16.9. The standard InChI is InChI=1S/C21H31N5O4S2/c1-16(2)19-13-24-26(21(19)23-15-31(4,27)28)14-22-17(3)18-9-5-6-10-20(18)32(29,30)25-11-7-8-12-25/h5-6,9-10,13,15-17,22H,7-8,11-12,14H2,1-4H3. The quantitative estimate of drug-likeness (QED) is 0.435. The molecule has 0 saturated carbocycles. The Morgan fingerprint density at radius 2 is 1.75 bits per heavy atom. The van der Waals surface area contributed by atoms with E-state index in [9.17, 15) is 16.8 Å². The molecule has 1 N–H and O–H groups in total. The Labute approximate surface area is 190 Å². The first-order chi connectivity index (χ1) is 15.0. The minimum absolute atomic E-state index is 0.110. The summed E-state index contributed by atoms with van der Waals surface area (Å²) in [5.74, 6) is 0.572. The number of sulfone groups is 1. The molecule has 176 valence electrons. The maximum atomic E-state index is 13.2. The summed E-state index contributed by atoms with van der Waals surface area (Å²) in [4.78, 5) is 4.47. The number of hydrogen-bond donors (Lipinski definition) is 1. The molecule has 1 aliphatic rings. The van der Waals surface area contributed by atoms with E-state index in [2.05, 4.69) is 15.4 Å². The monoisotopic (exact) mass is 481 g/mol. The molecule has 0 aliphatic carbocycles. The van der Waals surface area contributed by atoms with Crippen molar-refractivity contribution in [1.82, 2.24) is 19.4 Å². The van der Waals surface area contributed by atoms with Gasteiger partial charge in [-0.1, -0.05) is 32.0 Å². The van der Waals surface area contributed by atoms with Crippen LogP contribution in [0.15, 0.2) is 40.4 Å². The minimum Gasteiger partial charge on any atom is -0.292 e. The number of benzene rings is 1. The van der Waals surface area contributed by atoms with Crippen LogP contribution in [0, 0.1) is 0 Å². The topological polar surface area (TPSA) is 114 Å². The number of nitrogens with one attached hydrogen (secondary N) is 1. The molecule has 2 heterocycles. The van der Waals surface area contributed by atoms with Crippen LogP contribution in [0.25, 0.3) is 0 Å². The van der Waals surface area contributed by atoms with Crippen molar-refractivity contribution in [3.05, 3.63) is 41.6 Å². The lowest BCUT2D eigenvalue weighted by Crippen LogP contribution is -2.30. The SMILES string of the molecule is CC(C)c1cnn(CNC(C)c2ccccc2S(=O)(=O)N2CCCC2)c1N=CS(C)(=O)=O. The zero-order chi connectivity index (χ0) is 23.5. The van der Waals surface area contributed by atoms with E-state index in [1.54, 1.807) is 27.3 Å². The van der Waals surface area contributed by atoms with Crippen molar-refractivity contribution < 1.29 is 16.8 Å². The number of aromatic nitrogens is 2. The second kappa shape index (κ2) is 9.82. The number of hydrogen-bond acceptors (Lipinski definition) is 7. The summed E-state index contributed by atoms with van der Waals surface area (Å²) in [6.45, 7) is 7.19. The number of aliphatic imine (C=N–C) groups is 1. The van der Waals surface area contributed by atoms with Gasteiger partial charge >= 0.3 is 0 Å². The molecule has 1 atom stereocenters. The first-order valence-corrected chi connectivity index (χ1v) is 14.0. The molecular formula is C21H31N5O4S2. The first kappa shape index (κ1) is 24.6. The highest BCUT2D eigenvalue weighted by Gasteiger charge is 2.30. The van der Waals surface area contributed by atoms with Gasteiger partial charge in [0.2, 0.25) is 10.0 Å². The second-order valence-corrected chi connectivity index (χ2v) is 12.2. The molecule has 1 saturated heterocycles. The molecule has 0 amide bonds. The highest BCUT2D eigenvalue weighted by atomic mass is 32.2. The minimum atomic E-state index is -3.56. The van der Waals surface area contributed by atoms with E-state index in [-0.39, 0.29) is 18.6 Å². The third kappa shape index (κ3) is 5.64. The van der Waals surface area contributed by atoms with Crippen molar-refractivity contribution in [3.8, 4) is 0 Å². The average Bonchev–Trinajstić information content (AvgIpc) is 3.40. The highest BCUT2D eigenvalue weighted by molar-refractivity contribution is 8.03. The van der Waals surface area contributed by atoms with Crippen LogP contribution >= 0.6 is 0 Å². The zero-order valence-electron chi connectivity index (χ0n) is 18.9. The van der Waals surface area contributed by atoms with Gasteiger partial charge in [0.15, 0.2) is 15.7 Å². The lowest BCUT2D eigenvalue weighted by Gasteiger charge is -2.22. The lowest BCUT2D eigenvalue weighted by atomic mass is 10.1. The summed E-state index contributed by atoms with van der Waals surface area (Å²) in [7, 11) is -6.95. The Morgan fingerprint density at radius 1 is 1.09 bits per heavy atom. The Bertz CT molecular complexity index is 1180. The fraction of sp³-hybridized carbons (Fsp3) is 0.524. The summed E-state index contributed by atoms with van der Waals surface area (Å²) in [5.41, 5.74) is 2.43. The average molecular weight is 482 g/mol. The highest BCUT2D eigenvalue weighted by Crippen LogP contribution is 2.29. The number of sulfonamides is 1. The van der Waals surface area contributed by atoms with Crippen LogP contribution in [-0.4, -0.2) is 55.8 Å². The molecule has 0 radical (unpaired) electrons. The molecule has 2 aromatic rings. The van der Waals surface area contributed by atoms with Crippen molar-refractivity contribution in [2.24, 2.45) is 4.99 Å². The van der Waals surface area contributed by atoms with Crippen molar-refractivity contribution >= 4 is 31.2 Å². The molecule has 0 bridgehead atoms. The Balaban J connectivity index is 1.85. The zero-order valence-corrected chi connectivity index (χ0v) is 20.5. The molecule has 1 aliphatic heterocycles. The Hall–Kier alpha value is -2.08. The second-order valence-electron chi connectivity index (χ2n) is 8.37. The van der Waals surface area contributed by atoms with Crippen molar-refractivity contribution in [3.63, 3.8) is 0 Å². The Kier molecular flexibility index (Phi) is 7.53. The molecule has 3 rings (SSSR count). The summed E-state index contributed by atoms with van der Waals surface area (Å²) >= 11 is 0. The number of rotatable bonds is 9. The van der Waals surface area contributed by atoms with Gasteiger partial charge in [-0.15, -0.1) is 0 Å². The van der Waals surface area contributed by atoms with Gasteiger partial charge in [0.25, 0.3) is 0 Å². The maximum Gasteiger partial charge on any atom is 0.243 e. The van der Waals surface area contributed by atoms with E-state index >= 15 is 0 Å². The molecule has 0 spiro atoms. The van der Waals surface area contributed by atoms with Gasteiger partial charge in [-0.2, -0.15) is 9.40 Å². The van der Waals surface area contributed by atoms with Crippen LogP contribution in [-0.2, 0) is 26.5 Å². The summed E-state index contributed by atoms with van der Waals surface area (Å²) < 4.78 is 52.5. The fourth-order valence-electron chi connectivity index (χ4n) is 3.68. The summed E-state index contributed by atoms with van der Waals surface area (Å²) in [6, 6.07) is 6.73. The van der Waals surface area contributed by atoms with E-state index in [4.69, 9.17) is 0 Å². The predicted octanol–water partition coefficient (Wildman–Crippen LogP) is 2.80. The molecular weight excluding hydrogens is 450 g/mol. The molecule has 1 unspecified atom stereocenters. The third-order valence-electron chi connectivity index (χ3n) is 5.44. The van der Waals surface area contributed by atoms with Crippen LogP contribution in [0.3, 0.4) is 0 Å². The van der Waals surface area contributed by atoms with Gasteiger partial charge in [-0.05, 0) is 37.3 Å². The summed E-state index contributed by atoms with van der Waals surface area (Å²) in [5, 5.41) is 7.66. The largest absolute Gasteiger partial charge is 0.292 e. The molecule has 11 heteroatoms. The smallest absolute Gasteiger partial charge is 0.243 e. The molecule has 1 aromatic carbocycles. The third-order valence-corrected chi connectivity index (χ3v) is 7.90. The van der Waals surface area contributed by atoms with Gasteiger partial charge in [0.1, 0.15) is 5.55 Å².